The number of hydrogen-bond acceptors (Lipinski definition) is 7. The van der Waals surface area contributed by atoms with Crippen LogP contribution in [0.3, 0.4) is 0 Å². The topological polar surface area (TPSA) is 124 Å². The summed E-state index contributed by atoms with van der Waals surface area (Å²) >= 11 is 5.85. The second kappa shape index (κ2) is 9.33. The maximum atomic E-state index is 12.8. The molecular weight excluding hydrogens is 414 g/mol. The van der Waals surface area contributed by atoms with E-state index in [1.54, 1.807) is 24.3 Å². The van der Waals surface area contributed by atoms with Gasteiger partial charge in [-0.2, -0.15) is 4.98 Å². The molecule has 0 saturated heterocycles. The van der Waals surface area contributed by atoms with Crippen LogP contribution in [0.1, 0.15) is 6.42 Å². The summed E-state index contributed by atoms with van der Waals surface area (Å²) in [6, 6.07) is 6.74. The number of rotatable bonds is 9. The SMILES string of the molecule is Cn1c(=O)c2c(nc(NCCCO)n2CC(O)COc2ccc(Cl)cc2)n(C)c1=O. The molecule has 0 radical (unpaired) electrons. The van der Waals surface area contributed by atoms with E-state index < -0.39 is 17.4 Å². The Hall–Kier alpha value is -2.82. The second-order valence-electron chi connectivity index (χ2n) is 6.85. The van der Waals surface area contributed by atoms with E-state index in [0.717, 1.165) is 4.57 Å². The lowest BCUT2D eigenvalue weighted by Gasteiger charge is -2.16. The van der Waals surface area contributed by atoms with Gasteiger partial charge in [0.05, 0.1) is 6.54 Å². The predicted molar refractivity (Wildman–Crippen MR) is 113 cm³/mol. The van der Waals surface area contributed by atoms with Gasteiger partial charge in [-0.3, -0.25) is 13.9 Å². The highest BCUT2D eigenvalue weighted by atomic mass is 35.5. The van der Waals surface area contributed by atoms with Crippen LogP contribution >= 0.6 is 11.6 Å². The van der Waals surface area contributed by atoms with E-state index in [4.69, 9.17) is 21.4 Å². The maximum absolute atomic E-state index is 12.8. The molecule has 0 aliphatic rings. The Morgan fingerprint density at radius 3 is 2.57 bits per heavy atom. The number of aliphatic hydroxyl groups excluding tert-OH is 2. The van der Waals surface area contributed by atoms with Crippen LogP contribution in [0.5, 0.6) is 5.75 Å². The zero-order valence-electron chi connectivity index (χ0n) is 16.7. The first kappa shape index (κ1) is 21.9. The number of nitrogens with zero attached hydrogens (tertiary/aromatic N) is 4. The smallest absolute Gasteiger partial charge is 0.332 e. The van der Waals surface area contributed by atoms with Crippen LogP contribution in [-0.2, 0) is 20.6 Å². The van der Waals surface area contributed by atoms with Gasteiger partial charge in [-0.25, -0.2) is 4.79 Å². The Balaban J connectivity index is 1.91. The quantitative estimate of drug-likeness (QED) is 0.412. The number of benzene rings is 1. The van der Waals surface area contributed by atoms with Crippen LogP contribution in [0.2, 0.25) is 5.02 Å². The van der Waals surface area contributed by atoms with E-state index in [1.165, 1.54) is 23.2 Å². The number of hydrogen-bond donors (Lipinski definition) is 3. The number of halogens is 1. The van der Waals surface area contributed by atoms with Gasteiger partial charge in [0.15, 0.2) is 11.2 Å². The molecule has 30 heavy (non-hydrogen) atoms. The van der Waals surface area contributed by atoms with Crippen molar-refractivity contribution < 1.29 is 14.9 Å². The molecule has 162 valence electrons. The van der Waals surface area contributed by atoms with Gasteiger partial charge in [0.25, 0.3) is 5.56 Å². The van der Waals surface area contributed by atoms with Gasteiger partial charge in [0.1, 0.15) is 18.5 Å². The molecule has 3 aromatic rings. The van der Waals surface area contributed by atoms with E-state index in [-0.39, 0.29) is 30.9 Å². The third-order valence-corrected chi connectivity index (χ3v) is 4.87. The van der Waals surface area contributed by atoms with Gasteiger partial charge < -0.3 is 24.8 Å². The lowest BCUT2D eigenvalue weighted by atomic mass is 10.3. The van der Waals surface area contributed by atoms with Crippen LogP contribution in [-0.4, -0.2) is 54.8 Å². The lowest BCUT2D eigenvalue weighted by Crippen LogP contribution is -2.38. The Bertz CT molecular complexity index is 1140. The number of fused-ring (bicyclic) bond motifs is 1. The summed E-state index contributed by atoms with van der Waals surface area (Å²) in [7, 11) is 2.92. The van der Waals surface area contributed by atoms with E-state index >= 15 is 0 Å². The first-order valence-corrected chi connectivity index (χ1v) is 9.78. The van der Waals surface area contributed by atoms with Crippen molar-refractivity contribution in [2.75, 3.05) is 25.1 Å². The Morgan fingerprint density at radius 2 is 1.90 bits per heavy atom. The minimum Gasteiger partial charge on any atom is -0.491 e. The van der Waals surface area contributed by atoms with Crippen molar-refractivity contribution in [1.29, 1.82) is 0 Å². The predicted octanol–water partition coefficient (Wildman–Crippen LogP) is 0.321. The van der Waals surface area contributed by atoms with Crippen LogP contribution in [0.15, 0.2) is 33.9 Å². The van der Waals surface area contributed by atoms with Crippen molar-refractivity contribution in [2.45, 2.75) is 19.1 Å². The monoisotopic (exact) mass is 437 g/mol. The molecule has 1 unspecified atom stereocenters. The van der Waals surface area contributed by atoms with Crippen molar-refractivity contribution >= 4 is 28.7 Å². The number of aliphatic hydroxyl groups is 2. The average molecular weight is 438 g/mol. The molecule has 10 nitrogen and oxygen atoms in total. The zero-order chi connectivity index (χ0) is 21.8. The van der Waals surface area contributed by atoms with Gasteiger partial charge in [-0.05, 0) is 30.7 Å². The Morgan fingerprint density at radius 1 is 1.20 bits per heavy atom. The maximum Gasteiger partial charge on any atom is 0.332 e. The largest absolute Gasteiger partial charge is 0.491 e. The van der Waals surface area contributed by atoms with Gasteiger partial charge in [-0.1, -0.05) is 11.6 Å². The minimum atomic E-state index is -0.960. The van der Waals surface area contributed by atoms with Gasteiger partial charge in [0, 0.05) is 32.3 Å². The lowest BCUT2D eigenvalue weighted by molar-refractivity contribution is 0.0938. The summed E-state index contributed by atoms with van der Waals surface area (Å²) in [6.07, 6.45) is -0.485. The number of anilines is 1. The van der Waals surface area contributed by atoms with Crippen molar-refractivity contribution in [1.82, 2.24) is 18.7 Å². The summed E-state index contributed by atoms with van der Waals surface area (Å²) in [5.74, 6) is 0.871. The van der Waals surface area contributed by atoms with Crippen molar-refractivity contribution in [3.05, 3.63) is 50.1 Å². The van der Waals surface area contributed by atoms with Crippen LogP contribution in [0.25, 0.3) is 11.2 Å². The van der Waals surface area contributed by atoms with Crippen LogP contribution < -0.4 is 21.3 Å². The fraction of sp³-hybridized carbons (Fsp3) is 0.421. The Labute approximate surface area is 176 Å². The molecule has 3 rings (SSSR count). The average Bonchev–Trinajstić information content (AvgIpc) is 3.08. The molecule has 11 heteroatoms. The third kappa shape index (κ3) is 4.50. The van der Waals surface area contributed by atoms with E-state index in [0.29, 0.717) is 29.7 Å². The number of aromatic nitrogens is 4. The number of ether oxygens (including phenoxy) is 1. The number of imidazole rings is 1. The molecule has 2 aromatic heterocycles. The van der Waals surface area contributed by atoms with Crippen LogP contribution in [0, 0.1) is 0 Å². The first-order chi connectivity index (χ1) is 14.3. The van der Waals surface area contributed by atoms with E-state index in [1.807, 2.05) is 0 Å². The fourth-order valence-electron chi connectivity index (χ4n) is 3.03. The number of nitrogens with one attached hydrogen (secondary N) is 1. The summed E-state index contributed by atoms with van der Waals surface area (Å²) in [5, 5.41) is 23.2. The van der Waals surface area contributed by atoms with Gasteiger partial charge in [-0.15, -0.1) is 0 Å². The highest BCUT2D eigenvalue weighted by molar-refractivity contribution is 6.30. The molecular formula is C19H24ClN5O5. The van der Waals surface area contributed by atoms with E-state index in [9.17, 15) is 14.7 Å². The molecule has 0 bridgehead atoms. The molecule has 0 amide bonds. The molecule has 0 aliphatic carbocycles. The molecule has 3 N–H and O–H groups in total. The summed E-state index contributed by atoms with van der Waals surface area (Å²) in [6.45, 7) is 0.388. The molecule has 0 spiro atoms. The normalized spacial score (nSPS) is 12.3. The molecule has 0 saturated carbocycles. The molecule has 1 atom stereocenters. The fourth-order valence-corrected chi connectivity index (χ4v) is 3.15. The minimum absolute atomic E-state index is 0.00889. The van der Waals surface area contributed by atoms with E-state index in [2.05, 4.69) is 10.3 Å². The van der Waals surface area contributed by atoms with Crippen LogP contribution in [0.4, 0.5) is 5.95 Å². The van der Waals surface area contributed by atoms with Crippen molar-refractivity contribution in [2.24, 2.45) is 14.1 Å². The third-order valence-electron chi connectivity index (χ3n) is 4.62. The molecule has 1 aromatic carbocycles. The first-order valence-electron chi connectivity index (χ1n) is 9.41. The molecule has 0 aliphatic heterocycles. The standard InChI is InChI=1S/C19H24ClN5O5/c1-23-16-15(17(28)24(2)19(23)29)25(18(22-16)21-8-3-9-26)10-13(27)11-30-14-6-4-12(20)5-7-14/h4-7,13,26-27H,3,8-11H2,1-2H3,(H,21,22). The summed E-state index contributed by atoms with van der Waals surface area (Å²) in [5.41, 5.74) is -0.607. The van der Waals surface area contributed by atoms with Gasteiger partial charge in [0.2, 0.25) is 5.95 Å². The Kier molecular flexibility index (Phi) is 6.80. The number of aryl methyl sites for hydroxylation is 1. The summed E-state index contributed by atoms with van der Waals surface area (Å²) < 4.78 is 9.39. The van der Waals surface area contributed by atoms with Crippen molar-refractivity contribution in [3.8, 4) is 5.75 Å². The summed E-state index contributed by atoms with van der Waals surface area (Å²) in [4.78, 5) is 29.4. The van der Waals surface area contributed by atoms with Gasteiger partial charge >= 0.3 is 5.69 Å². The zero-order valence-corrected chi connectivity index (χ0v) is 17.5. The molecule has 0 fully saturated rings. The highest BCUT2D eigenvalue weighted by Crippen LogP contribution is 2.18. The second-order valence-corrected chi connectivity index (χ2v) is 7.28. The molecule has 2 heterocycles. The highest BCUT2D eigenvalue weighted by Gasteiger charge is 2.21. The van der Waals surface area contributed by atoms with Crippen molar-refractivity contribution in [3.63, 3.8) is 0 Å².